The van der Waals surface area contributed by atoms with E-state index in [1.54, 1.807) is 38.1 Å². The van der Waals surface area contributed by atoms with Gasteiger partial charge in [0.15, 0.2) is 0 Å². The van der Waals surface area contributed by atoms with Crippen molar-refractivity contribution in [2.75, 3.05) is 18.1 Å². The Morgan fingerprint density at radius 1 is 1.14 bits per heavy atom. The van der Waals surface area contributed by atoms with Gasteiger partial charge in [-0.25, -0.2) is 14.4 Å². The number of para-hydroxylation sites is 1. The van der Waals surface area contributed by atoms with Crippen molar-refractivity contribution in [2.45, 2.75) is 57.3 Å². The first-order chi connectivity index (χ1) is 16.8. The van der Waals surface area contributed by atoms with Crippen molar-refractivity contribution in [3.63, 3.8) is 0 Å². The molecule has 0 radical (unpaired) electrons. The predicted molar refractivity (Wildman–Crippen MR) is 121 cm³/mol. The Bertz CT molecular complexity index is 1170. The number of anilines is 1. The van der Waals surface area contributed by atoms with Crippen LogP contribution >= 0.6 is 0 Å². The van der Waals surface area contributed by atoms with Crippen LogP contribution in [0.4, 0.5) is 10.5 Å². The second-order valence-electron chi connectivity index (χ2n) is 8.98. The maximum atomic E-state index is 13.8. The van der Waals surface area contributed by atoms with Crippen molar-refractivity contribution in [2.24, 2.45) is 0 Å². The van der Waals surface area contributed by atoms with Gasteiger partial charge in [-0.15, -0.1) is 0 Å². The van der Waals surface area contributed by atoms with Gasteiger partial charge in [0.2, 0.25) is 11.6 Å². The van der Waals surface area contributed by atoms with Crippen molar-refractivity contribution < 1.29 is 33.4 Å². The summed E-state index contributed by atoms with van der Waals surface area (Å²) in [4.78, 5) is 67.7. The van der Waals surface area contributed by atoms with E-state index in [0.29, 0.717) is 11.3 Å². The van der Waals surface area contributed by atoms with Crippen LogP contribution in [0.25, 0.3) is 0 Å². The van der Waals surface area contributed by atoms with E-state index in [0.717, 1.165) is 12.8 Å². The number of ether oxygens (including phenoxy) is 2. The zero-order valence-electron chi connectivity index (χ0n) is 19.5. The molecule has 11 nitrogen and oxygen atoms in total. The van der Waals surface area contributed by atoms with E-state index in [1.165, 1.54) is 9.80 Å². The van der Waals surface area contributed by atoms with Crippen molar-refractivity contribution in [1.82, 2.24) is 15.5 Å². The number of urea groups is 1. The molecule has 0 aromatic heterocycles. The molecule has 5 rings (SSSR count). The number of carbonyl (C=O) groups excluding carboxylic acids is 5. The SMILES string of the molecule is CCOC(=O)C1=C(COC(=O)C23CCC(=O)N2c2ccccc2C(=O)N3C2CC2)NC(=O)NC1C. The molecular formula is C24H26N4O7. The maximum Gasteiger partial charge on any atom is 0.354 e. The summed E-state index contributed by atoms with van der Waals surface area (Å²) in [5, 5.41) is 5.10. The van der Waals surface area contributed by atoms with Crippen LogP contribution in [0.5, 0.6) is 0 Å². The highest BCUT2D eigenvalue weighted by molar-refractivity contribution is 6.15. The fourth-order valence-corrected chi connectivity index (χ4v) is 5.16. The first-order valence-electron chi connectivity index (χ1n) is 11.7. The molecule has 1 saturated heterocycles. The molecule has 1 aliphatic carbocycles. The van der Waals surface area contributed by atoms with E-state index in [1.807, 2.05) is 0 Å². The highest BCUT2D eigenvalue weighted by Crippen LogP contribution is 2.49. The van der Waals surface area contributed by atoms with Gasteiger partial charge < -0.3 is 25.0 Å². The second-order valence-corrected chi connectivity index (χ2v) is 8.98. The molecule has 2 atom stereocenters. The minimum atomic E-state index is -1.61. The van der Waals surface area contributed by atoms with Gasteiger partial charge in [-0.3, -0.25) is 14.5 Å². The number of rotatable bonds is 6. The minimum absolute atomic E-state index is 0.0778. The van der Waals surface area contributed by atoms with Crippen LogP contribution < -0.4 is 15.5 Å². The summed E-state index contributed by atoms with van der Waals surface area (Å²) in [7, 11) is 0. The van der Waals surface area contributed by atoms with Crippen LogP contribution in [0.3, 0.4) is 0 Å². The topological polar surface area (TPSA) is 134 Å². The van der Waals surface area contributed by atoms with Gasteiger partial charge in [-0.1, -0.05) is 12.1 Å². The average Bonchev–Trinajstić information content (AvgIpc) is 3.59. The molecule has 1 aromatic rings. The predicted octanol–water partition coefficient (Wildman–Crippen LogP) is 1.19. The number of esters is 2. The van der Waals surface area contributed by atoms with Gasteiger partial charge in [0.1, 0.15) is 6.61 Å². The summed E-state index contributed by atoms with van der Waals surface area (Å²) in [6, 6.07) is 5.35. The van der Waals surface area contributed by atoms with E-state index in [2.05, 4.69) is 10.6 Å². The first-order valence-corrected chi connectivity index (χ1v) is 11.7. The lowest BCUT2D eigenvalue weighted by atomic mass is 9.96. The fourth-order valence-electron chi connectivity index (χ4n) is 5.16. The normalized spacial score (nSPS) is 25.5. The standard InChI is InChI=1S/C24H26N4O7/c1-3-34-21(31)19-13(2)25-23(33)26-16(19)12-35-22(32)24-11-10-18(29)28(24)17-7-5-4-6-15(17)20(30)27(24)14-8-9-14/h4-7,13-14H,3,8-12H2,1-2H3,(H2,25,26,33). The number of hydrogen-bond acceptors (Lipinski definition) is 7. The van der Waals surface area contributed by atoms with Crippen LogP contribution in [0, 0.1) is 0 Å². The maximum absolute atomic E-state index is 13.8. The summed E-state index contributed by atoms with van der Waals surface area (Å²) in [6.07, 6.45) is 1.62. The van der Waals surface area contributed by atoms with E-state index in [9.17, 15) is 24.0 Å². The Hall–Kier alpha value is -3.89. The Labute approximate surface area is 201 Å². The van der Waals surface area contributed by atoms with Crippen molar-refractivity contribution in [3.8, 4) is 0 Å². The highest BCUT2D eigenvalue weighted by atomic mass is 16.5. The summed E-state index contributed by atoms with van der Waals surface area (Å²) in [6.45, 7) is 2.98. The number of nitrogens with one attached hydrogen (secondary N) is 2. The third-order valence-corrected chi connectivity index (χ3v) is 6.75. The summed E-state index contributed by atoms with van der Waals surface area (Å²) >= 11 is 0. The molecule has 2 unspecified atom stereocenters. The quantitative estimate of drug-likeness (QED) is 0.582. The fraction of sp³-hybridized carbons (Fsp3) is 0.458. The molecule has 2 N–H and O–H groups in total. The molecule has 184 valence electrons. The van der Waals surface area contributed by atoms with Crippen molar-refractivity contribution in [3.05, 3.63) is 41.1 Å². The third kappa shape index (κ3) is 3.53. The Morgan fingerprint density at radius 2 is 1.89 bits per heavy atom. The largest absolute Gasteiger partial charge is 0.463 e. The Kier molecular flexibility index (Phi) is 5.49. The van der Waals surface area contributed by atoms with Gasteiger partial charge in [-0.05, 0) is 38.8 Å². The average molecular weight is 482 g/mol. The zero-order chi connectivity index (χ0) is 24.9. The lowest BCUT2D eigenvalue weighted by molar-refractivity contribution is -0.157. The first kappa shape index (κ1) is 22.9. The number of carbonyl (C=O) groups is 5. The number of hydrogen-bond donors (Lipinski definition) is 2. The molecule has 35 heavy (non-hydrogen) atoms. The lowest BCUT2D eigenvalue weighted by Crippen LogP contribution is -2.69. The Balaban J connectivity index is 1.51. The molecule has 11 heteroatoms. The molecule has 0 spiro atoms. The van der Waals surface area contributed by atoms with Crippen molar-refractivity contribution >= 4 is 35.5 Å². The molecule has 1 aromatic carbocycles. The molecule has 3 aliphatic heterocycles. The second kappa shape index (κ2) is 8.40. The van der Waals surface area contributed by atoms with Gasteiger partial charge in [0.05, 0.1) is 35.2 Å². The molecule has 0 bridgehead atoms. The van der Waals surface area contributed by atoms with E-state index >= 15 is 0 Å². The van der Waals surface area contributed by atoms with Gasteiger partial charge in [0.25, 0.3) is 5.91 Å². The van der Waals surface area contributed by atoms with Gasteiger partial charge in [0, 0.05) is 18.9 Å². The molecule has 2 fully saturated rings. The monoisotopic (exact) mass is 482 g/mol. The molecule has 1 saturated carbocycles. The van der Waals surface area contributed by atoms with Crippen LogP contribution in [0.1, 0.15) is 49.9 Å². The molecule has 3 heterocycles. The van der Waals surface area contributed by atoms with E-state index in [4.69, 9.17) is 9.47 Å². The third-order valence-electron chi connectivity index (χ3n) is 6.75. The summed E-state index contributed by atoms with van der Waals surface area (Å²) in [5.41, 5.74) is -0.633. The smallest absolute Gasteiger partial charge is 0.354 e. The van der Waals surface area contributed by atoms with Crippen LogP contribution in [0.2, 0.25) is 0 Å². The lowest BCUT2D eigenvalue weighted by Gasteiger charge is -2.48. The number of fused-ring (bicyclic) bond motifs is 3. The number of nitrogens with zero attached hydrogens (tertiary/aromatic N) is 2. The summed E-state index contributed by atoms with van der Waals surface area (Å²) in [5.74, 6) is -2.02. The molecule has 4 amide bonds. The molecule has 4 aliphatic rings. The van der Waals surface area contributed by atoms with Crippen molar-refractivity contribution in [1.29, 1.82) is 0 Å². The van der Waals surface area contributed by atoms with Crippen LogP contribution in [0.15, 0.2) is 35.5 Å². The summed E-state index contributed by atoms with van der Waals surface area (Å²) < 4.78 is 10.8. The van der Waals surface area contributed by atoms with Crippen LogP contribution in [-0.2, 0) is 23.9 Å². The number of amides is 4. The van der Waals surface area contributed by atoms with Gasteiger partial charge >= 0.3 is 18.0 Å². The highest BCUT2D eigenvalue weighted by Gasteiger charge is 2.64. The Morgan fingerprint density at radius 3 is 2.60 bits per heavy atom. The number of benzene rings is 1. The van der Waals surface area contributed by atoms with Crippen LogP contribution in [-0.4, -0.2) is 65.6 Å². The zero-order valence-corrected chi connectivity index (χ0v) is 19.5. The van der Waals surface area contributed by atoms with E-state index < -0.39 is 36.3 Å². The molecular weight excluding hydrogens is 456 g/mol. The van der Waals surface area contributed by atoms with Gasteiger partial charge in [-0.2, -0.15) is 0 Å². The minimum Gasteiger partial charge on any atom is -0.463 e. The van der Waals surface area contributed by atoms with E-state index in [-0.39, 0.29) is 48.6 Å².